The van der Waals surface area contributed by atoms with Gasteiger partial charge in [0.05, 0.1) is 47.5 Å². The number of methoxy groups -OCH3 is 1. The Morgan fingerprint density at radius 2 is 2.06 bits per heavy atom. The molecule has 0 bridgehead atoms. The van der Waals surface area contributed by atoms with Gasteiger partial charge in [-0.3, -0.25) is 14.5 Å². The van der Waals surface area contributed by atoms with Gasteiger partial charge in [-0.1, -0.05) is 0 Å². The van der Waals surface area contributed by atoms with Gasteiger partial charge in [-0.05, 0) is 25.8 Å². The number of hydrogen-bond donors (Lipinski definition) is 2. The molecule has 2 N–H and O–H groups in total. The van der Waals surface area contributed by atoms with Crippen molar-refractivity contribution in [2.45, 2.75) is 31.1 Å². The number of carbonyl (C=O) groups is 1. The molecule has 180 valence electrons. The fraction of sp³-hybridized carbons (Fsp3) is 0.400. The first-order valence-corrected chi connectivity index (χ1v) is 12.8. The Morgan fingerprint density at radius 1 is 1.24 bits per heavy atom. The molecule has 1 fully saturated rings. The Hall–Kier alpha value is -3.23. The normalized spacial score (nSPS) is 14.4. The zero-order valence-electron chi connectivity index (χ0n) is 18.5. The van der Waals surface area contributed by atoms with Crippen LogP contribution in [-0.2, 0) is 14.8 Å². The van der Waals surface area contributed by atoms with Gasteiger partial charge < -0.3 is 14.8 Å². The van der Waals surface area contributed by atoms with Crippen LogP contribution in [0.2, 0.25) is 0 Å². The van der Waals surface area contributed by atoms with E-state index in [0.29, 0.717) is 41.6 Å². The average molecular weight is 506 g/mol. The lowest BCUT2D eigenvalue weighted by Gasteiger charge is -2.17. The van der Waals surface area contributed by atoms with Gasteiger partial charge in [-0.15, -0.1) is 11.3 Å². The van der Waals surface area contributed by atoms with E-state index in [1.165, 1.54) is 19.5 Å². The van der Waals surface area contributed by atoms with E-state index in [-0.39, 0.29) is 17.6 Å². The van der Waals surface area contributed by atoms with E-state index in [0.717, 1.165) is 11.3 Å². The maximum absolute atomic E-state index is 12.9. The molecule has 0 unspecified atom stereocenters. The van der Waals surface area contributed by atoms with Crippen molar-refractivity contribution in [2.24, 2.45) is 0 Å². The highest BCUT2D eigenvalue weighted by Crippen LogP contribution is 2.29. The third-order valence-electron chi connectivity index (χ3n) is 4.73. The Morgan fingerprint density at radius 3 is 2.79 bits per heavy atom. The number of aromatic nitrogens is 5. The number of anilines is 1. The van der Waals surface area contributed by atoms with E-state index in [9.17, 15) is 13.2 Å². The second-order valence-corrected chi connectivity index (χ2v) is 10.3. The van der Waals surface area contributed by atoms with Crippen molar-refractivity contribution in [2.75, 3.05) is 25.0 Å². The quantitative estimate of drug-likeness (QED) is 0.393. The topological polar surface area (TPSA) is 158 Å². The molecule has 14 heteroatoms. The molecule has 1 aliphatic carbocycles. The van der Waals surface area contributed by atoms with Crippen LogP contribution in [-0.4, -0.2) is 64.8 Å². The Bertz CT molecular complexity index is 1260. The Balaban J connectivity index is 1.49. The van der Waals surface area contributed by atoms with Crippen LogP contribution < -0.4 is 14.8 Å². The summed E-state index contributed by atoms with van der Waals surface area (Å²) < 4.78 is 37.4. The molecule has 3 aromatic heterocycles. The van der Waals surface area contributed by atoms with Crippen LogP contribution in [0.3, 0.4) is 0 Å². The van der Waals surface area contributed by atoms with E-state index in [1.807, 2.05) is 6.92 Å². The minimum atomic E-state index is -3.51. The molecule has 3 aromatic rings. The minimum Gasteiger partial charge on any atom is -0.477 e. The Labute approximate surface area is 200 Å². The van der Waals surface area contributed by atoms with Gasteiger partial charge in [0.25, 0.3) is 5.91 Å². The second-order valence-electron chi connectivity index (χ2n) is 7.34. The number of sulfonamides is 1. The third kappa shape index (κ3) is 5.81. The smallest absolute Gasteiger partial charge is 0.280 e. The summed E-state index contributed by atoms with van der Waals surface area (Å²) in [7, 11) is -2.02. The molecule has 0 spiro atoms. The number of amides is 1. The molecular weight excluding hydrogens is 482 g/mol. The number of carbonyl (C=O) groups excluding carboxylic acids is 1. The number of rotatable bonds is 11. The average Bonchev–Trinajstić information content (AvgIpc) is 3.57. The highest BCUT2D eigenvalue weighted by molar-refractivity contribution is 7.93. The molecular formula is C20H23N7O5S2. The first-order chi connectivity index (χ1) is 16.4. The fourth-order valence-electron chi connectivity index (χ4n) is 2.97. The first-order valence-electron chi connectivity index (χ1n) is 10.4. The molecule has 1 aliphatic rings. The highest BCUT2D eigenvalue weighted by Gasteiger charge is 2.36. The monoisotopic (exact) mass is 505 g/mol. The lowest BCUT2D eigenvalue weighted by Crippen LogP contribution is -2.32. The number of nitrogens with one attached hydrogen (secondary N) is 2. The van der Waals surface area contributed by atoms with Crippen LogP contribution in [0.5, 0.6) is 5.88 Å². The molecule has 1 saturated carbocycles. The SMILES string of the molecule is CCOc1cncc(-c2cnc(C(=O)N[C@@H](COC)c3ccnc(NS(=O)(=O)C4CC4)n3)s2)n1. The number of thiazole rings is 1. The van der Waals surface area contributed by atoms with Crippen LogP contribution in [0.4, 0.5) is 5.95 Å². The fourth-order valence-corrected chi connectivity index (χ4v) is 5.02. The van der Waals surface area contributed by atoms with Gasteiger partial charge in [-0.2, -0.15) is 0 Å². The Kier molecular flexibility index (Phi) is 7.29. The molecule has 12 nitrogen and oxygen atoms in total. The van der Waals surface area contributed by atoms with Gasteiger partial charge in [0.2, 0.25) is 21.9 Å². The van der Waals surface area contributed by atoms with E-state index in [1.54, 1.807) is 18.5 Å². The van der Waals surface area contributed by atoms with Crippen LogP contribution >= 0.6 is 11.3 Å². The number of nitrogens with zero attached hydrogens (tertiary/aromatic N) is 5. The molecule has 34 heavy (non-hydrogen) atoms. The summed E-state index contributed by atoms with van der Waals surface area (Å²) >= 11 is 1.15. The van der Waals surface area contributed by atoms with Crippen LogP contribution in [0, 0.1) is 0 Å². The molecule has 1 atom stereocenters. The standard InChI is InChI=1S/C20H23N7O5S2/c1-3-32-17-10-21-8-14(24-17)16-9-23-19(33-16)18(28)25-15(11-31-2)13-6-7-22-20(26-13)27-34(29,30)12-4-5-12/h6-10,12,15H,3-5,11H2,1-2H3,(H,25,28)(H,22,26,27)/t15-/m0/s1. The van der Waals surface area contributed by atoms with E-state index in [2.05, 4.69) is 35.0 Å². The van der Waals surface area contributed by atoms with Crippen molar-refractivity contribution in [1.29, 1.82) is 0 Å². The molecule has 1 amide bonds. The summed E-state index contributed by atoms with van der Waals surface area (Å²) in [5, 5.41) is 2.63. The summed E-state index contributed by atoms with van der Waals surface area (Å²) in [6.45, 7) is 2.42. The van der Waals surface area contributed by atoms with Crippen molar-refractivity contribution < 1.29 is 22.7 Å². The van der Waals surface area contributed by atoms with E-state index < -0.39 is 27.2 Å². The van der Waals surface area contributed by atoms with Crippen LogP contribution in [0.1, 0.15) is 41.3 Å². The third-order valence-corrected chi connectivity index (χ3v) is 7.56. The number of ether oxygens (including phenoxy) is 2. The molecule has 4 rings (SSSR count). The van der Waals surface area contributed by atoms with Gasteiger partial charge in [-0.25, -0.2) is 28.4 Å². The van der Waals surface area contributed by atoms with Gasteiger partial charge >= 0.3 is 0 Å². The van der Waals surface area contributed by atoms with Crippen molar-refractivity contribution in [1.82, 2.24) is 30.2 Å². The van der Waals surface area contributed by atoms with E-state index in [4.69, 9.17) is 9.47 Å². The van der Waals surface area contributed by atoms with E-state index >= 15 is 0 Å². The summed E-state index contributed by atoms with van der Waals surface area (Å²) in [6, 6.07) is 0.930. The summed E-state index contributed by atoms with van der Waals surface area (Å²) in [4.78, 5) is 34.5. The van der Waals surface area contributed by atoms with Gasteiger partial charge in [0.1, 0.15) is 5.69 Å². The maximum atomic E-state index is 12.9. The molecule has 0 aromatic carbocycles. The van der Waals surface area contributed by atoms with Crippen molar-refractivity contribution >= 4 is 33.2 Å². The molecule has 0 aliphatic heterocycles. The van der Waals surface area contributed by atoms with Crippen molar-refractivity contribution in [3.8, 4) is 16.5 Å². The predicted molar refractivity (Wildman–Crippen MR) is 124 cm³/mol. The zero-order chi connectivity index (χ0) is 24.1. The largest absolute Gasteiger partial charge is 0.477 e. The molecule has 0 saturated heterocycles. The highest BCUT2D eigenvalue weighted by atomic mass is 32.2. The number of hydrogen-bond acceptors (Lipinski definition) is 11. The van der Waals surface area contributed by atoms with Crippen molar-refractivity contribution in [3.63, 3.8) is 0 Å². The zero-order valence-corrected chi connectivity index (χ0v) is 20.1. The maximum Gasteiger partial charge on any atom is 0.280 e. The lowest BCUT2D eigenvalue weighted by molar-refractivity contribution is 0.0894. The van der Waals surface area contributed by atoms with Gasteiger partial charge in [0, 0.05) is 19.5 Å². The summed E-state index contributed by atoms with van der Waals surface area (Å²) in [6.07, 6.45) is 7.28. The van der Waals surface area contributed by atoms with Crippen LogP contribution in [0.15, 0.2) is 30.9 Å². The molecule has 0 radical (unpaired) electrons. The predicted octanol–water partition coefficient (Wildman–Crippen LogP) is 1.81. The van der Waals surface area contributed by atoms with Gasteiger partial charge in [0.15, 0.2) is 5.01 Å². The van der Waals surface area contributed by atoms with Crippen LogP contribution in [0.25, 0.3) is 10.6 Å². The summed E-state index contributed by atoms with van der Waals surface area (Å²) in [5.74, 6) is -0.105. The summed E-state index contributed by atoms with van der Waals surface area (Å²) in [5.41, 5.74) is 0.935. The lowest BCUT2D eigenvalue weighted by atomic mass is 10.2. The van der Waals surface area contributed by atoms with Crippen molar-refractivity contribution in [3.05, 3.63) is 41.6 Å². The first kappa shape index (κ1) is 23.9. The minimum absolute atomic E-state index is 0.0518. The molecule has 3 heterocycles. The second kappa shape index (κ2) is 10.4.